The van der Waals surface area contributed by atoms with Crippen molar-refractivity contribution < 1.29 is 22.0 Å². The highest BCUT2D eigenvalue weighted by Crippen LogP contribution is 2.36. The Morgan fingerprint density at radius 2 is 1.61 bits per heavy atom. The minimum Gasteiger partial charge on any atom is -0.353 e. The van der Waals surface area contributed by atoms with Crippen LogP contribution in [0.25, 0.3) is 11.4 Å². The van der Waals surface area contributed by atoms with E-state index < -0.39 is 23.4 Å². The Balaban J connectivity index is 1.44. The molecule has 2 aromatic heterocycles. The van der Waals surface area contributed by atoms with Crippen molar-refractivity contribution >= 4 is 17.7 Å². The molecule has 2 fully saturated rings. The zero-order valence-electron chi connectivity index (χ0n) is 20.9. The van der Waals surface area contributed by atoms with Gasteiger partial charge in [-0.25, -0.2) is 13.8 Å². The second-order valence-corrected chi connectivity index (χ2v) is 9.63. The van der Waals surface area contributed by atoms with Gasteiger partial charge in [0.2, 0.25) is 11.9 Å². The molecule has 0 amide bonds. The van der Waals surface area contributed by atoms with Gasteiger partial charge in [0.05, 0.1) is 11.1 Å². The number of halogens is 5. The number of pyridine rings is 1. The molecule has 3 heterocycles. The Morgan fingerprint density at radius 1 is 0.895 bits per heavy atom. The van der Waals surface area contributed by atoms with Crippen molar-refractivity contribution in [3.8, 4) is 11.4 Å². The van der Waals surface area contributed by atoms with Crippen LogP contribution in [0.5, 0.6) is 0 Å². The Morgan fingerprint density at radius 3 is 2.29 bits per heavy atom. The van der Waals surface area contributed by atoms with Crippen LogP contribution in [-0.2, 0) is 6.18 Å². The van der Waals surface area contributed by atoms with E-state index in [1.54, 1.807) is 4.90 Å². The van der Waals surface area contributed by atoms with Crippen molar-refractivity contribution in [2.24, 2.45) is 0 Å². The smallest absolute Gasteiger partial charge is 0.353 e. The Bertz CT molecular complexity index is 1270. The molecule has 3 aromatic rings. The molecule has 2 aliphatic rings. The summed E-state index contributed by atoms with van der Waals surface area (Å²) in [5, 5.41) is 0. The van der Waals surface area contributed by atoms with E-state index in [4.69, 9.17) is 0 Å². The highest BCUT2D eigenvalue weighted by molar-refractivity contribution is 5.60. The van der Waals surface area contributed by atoms with Crippen LogP contribution < -0.4 is 14.7 Å². The molecule has 1 aromatic carbocycles. The Kier molecular flexibility index (Phi) is 7.31. The number of nitrogens with zero attached hydrogens (tertiary/aromatic N) is 7. The number of anilines is 3. The third kappa shape index (κ3) is 5.48. The summed E-state index contributed by atoms with van der Waals surface area (Å²) in [4.78, 5) is 23.1. The monoisotopic (exact) mass is 533 g/mol. The van der Waals surface area contributed by atoms with Crippen molar-refractivity contribution in [3.63, 3.8) is 0 Å². The molecule has 5 rings (SSSR count). The molecule has 1 saturated heterocycles. The maximum absolute atomic E-state index is 14.7. The molecule has 12 heteroatoms. The van der Waals surface area contributed by atoms with Crippen LogP contribution in [0.15, 0.2) is 36.5 Å². The summed E-state index contributed by atoms with van der Waals surface area (Å²) >= 11 is 0. The van der Waals surface area contributed by atoms with Gasteiger partial charge in [-0.1, -0.05) is 19.3 Å². The summed E-state index contributed by atoms with van der Waals surface area (Å²) in [6.45, 7) is 1.19. The summed E-state index contributed by atoms with van der Waals surface area (Å²) in [5.74, 6) is -0.837. The Labute approximate surface area is 217 Å². The molecule has 1 saturated carbocycles. The second kappa shape index (κ2) is 10.7. The molecule has 1 aliphatic heterocycles. The number of alkyl halides is 3. The van der Waals surface area contributed by atoms with Gasteiger partial charge in [0.25, 0.3) is 0 Å². The zero-order valence-corrected chi connectivity index (χ0v) is 20.9. The van der Waals surface area contributed by atoms with E-state index in [2.05, 4.69) is 19.9 Å². The van der Waals surface area contributed by atoms with Crippen molar-refractivity contribution in [2.75, 3.05) is 47.9 Å². The second-order valence-electron chi connectivity index (χ2n) is 9.63. The van der Waals surface area contributed by atoms with Crippen LogP contribution in [0.3, 0.4) is 0 Å². The van der Waals surface area contributed by atoms with E-state index in [0.29, 0.717) is 25.0 Å². The lowest BCUT2D eigenvalue weighted by Gasteiger charge is -2.37. The lowest BCUT2D eigenvalue weighted by molar-refractivity contribution is -0.137. The molecule has 0 spiro atoms. The van der Waals surface area contributed by atoms with Gasteiger partial charge in [-0.15, -0.1) is 0 Å². The van der Waals surface area contributed by atoms with Crippen LogP contribution in [0, 0.1) is 11.6 Å². The first-order valence-corrected chi connectivity index (χ1v) is 12.7. The first kappa shape index (κ1) is 26.1. The van der Waals surface area contributed by atoms with Crippen LogP contribution in [-0.4, -0.2) is 59.2 Å². The SMILES string of the molecule is CN(c1nc(-c2ccc(F)cc2F)nc(N2CCN(c3ncccc3C(F)(F)F)CC2)n1)C1CCCCC1. The normalized spacial score (nSPS) is 17.1. The van der Waals surface area contributed by atoms with Gasteiger partial charge in [0.1, 0.15) is 17.5 Å². The van der Waals surface area contributed by atoms with Gasteiger partial charge in [-0.2, -0.15) is 28.1 Å². The minimum absolute atomic E-state index is 0.0512. The van der Waals surface area contributed by atoms with Gasteiger partial charge in [0.15, 0.2) is 5.82 Å². The quantitative estimate of drug-likeness (QED) is 0.411. The van der Waals surface area contributed by atoms with E-state index in [0.717, 1.165) is 43.9 Å². The molecule has 0 unspecified atom stereocenters. The summed E-state index contributed by atoms with van der Waals surface area (Å²) in [6, 6.07) is 5.76. The lowest BCUT2D eigenvalue weighted by atomic mass is 9.95. The molecule has 0 atom stereocenters. The molecule has 0 N–H and O–H groups in total. The average molecular weight is 534 g/mol. The average Bonchev–Trinajstić information content (AvgIpc) is 2.92. The van der Waals surface area contributed by atoms with E-state index in [-0.39, 0.29) is 36.3 Å². The first-order chi connectivity index (χ1) is 18.2. The number of benzene rings is 1. The standard InChI is InChI=1S/C26H28F5N7/c1-36(18-6-3-2-4-7-18)24-33-22(19-10-9-17(27)16-21(19)28)34-25(35-24)38-14-12-37(13-15-38)23-20(26(29,30)31)8-5-11-32-23/h5,8-11,16,18H,2-4,6-7,12-15H2,1H3. The fourth-order valence-corrected chi connectivity index (χ4v) is 5.06. The summed E-state index contributed by atoms with van der Waals surface area (Å²) in [6.07, 6.45) is 2.19. The molecule has 0 radical (unpaired) electrons. The highest BCUT2D eigenvalue weighted by Gasteiger charge is 2.36. The number of piperazine rings is 1. The van der Waals surface area contributed by atoms with Crippen LogP contribution >= 0.6 is 0 Å². The van der Waals surface area contributed by atoms with E-state index in [1.165, 1.54) is 24.8 Å². The summed E-state index contributed by atoms with van der Waals surface area (Å²) in [5.41, 5.74) is -0.727. The third-order valence-electron chi connectivity index (χ3n) is 7.18. The predicted octanol–water partition coefficient (Wildman–Crippen LogP) is 5.33. The summed E-state index contributed by atoms with van der Waals surface area (Å²) < 4.78 is 68.8. The topological polar surface area (TPSA) is 61.3 Å². The van der Waals surface area contributed by atoms with Gasteiger partial charge in [-0.3, -0.25) is 0 Å². The molecular formula is C26H28F5N7. The number of aromatic nitrogens is 4. The van der Waals surface area contributed by atoms with Crippen molar-refractivity contribution in [3.05, 3.63) is 53.7 Å². The van der Waals surface area contributed by atoms with E-state index in [1.807, 2.05) is 16.8 Å². The van der Waals surface area contributed by atoms with Crippen molar-refractivity contribution in [2.45, 2.75) is 44.3 Å². The van der Waals surface area contributed by atoms with E-state index in [9.17, 15) is 22.0 Å². The highest BCUT2D eigenvalue weighted by atomic mass is 19.4. The van der Waals surface area contributed by atoms with E-state index >= 15 is 0 Å². The maximum Gasteiger partial charge on any atom is 0.419 e. The molecule has 38 heavy (non-hydrogen) atoms. The predicted molar refractivity (Wildman–Crippen MR) is 134 cm³/mol. The van der Waals surface area contributed by atoms with Crippen molar-refractivity contribution in [1.82, 2.24) is 19.9 Å². The fourth-order valence-electron chi connectivity index (χ4n) is 5.06. The minimum atomic E-state index is -4.51. The van der Waals surface area contributed by atoms with Gasteiger partial charge >= 0.3 is 6.18 Å². The summed E-state index contributed by atoms with van der Waals surface area (Å²) in [7, 11) is 1.90. The molecule has 1 aliphatic carbocycles. The molecule has 0 bridgehead atoms. The number of hydrogen-bond donors (Lipinski definition) is 0. The van der Waals surface area contributed by atoms with Gasteiger partial charge < -0.3 is 14.7 Å². The van der Waals surface area contributed by atoms with Crippen LogP contribution in [0.2, 0.25) is 0 Å². The number of rotatable bonds is 5. The van der Waals surface area contributed by atoms with Crippen LogP contribution in [0.1, 0.15) is 37.7 Å². The third-order valence-corrected chi connectivity index (χ3v) is 7.18. The Hall–Kier alpha value is -3.57. The number of hydrogen-bond acceptors (Lipinski definition) is 7. The van der Waals surface area contributed by atoms with Gasteiger partial charge in [0, 0.05) is 51.5 Å². The molecule has 7 nitrogen and oxygen atoms in total. The lowest BCUT2D eigenvalue weighted by Crippen LogP contribution is -2.48. The fraction of sp³-hybridized carbons (Fsp3) is 0.462. The zero-order chi connectivity index (χ0) is 26.9. The maximum atomic E-state index is 14.7. The molecule has 202 valence electrons. The molecular weight excluding hydrogens is 505 g/mol. The largest absolute Gasteiger partial charge is 0.419 e. The van der Waals surface area contributed by atoms with Crippen LogP contribution in [0.4, 0.5) is 39.7 Å². The van der Waals surface area contributed by atoms with Gasteiger partial charge in [-0.05, 0) is 37.1 Å². The first-order valence-electron chi connectivity index (χ1n) is 12.7. The van der Waals surface area contributed by atoms with Crippen molar-refractivity contribution in [1.29, 1.82) is 0 Å².